The molecule has 25 heavy (non-hydrogen) atoms. The quantitative estimate of drug-likeness (QED) is 0.541. The second kappa shape index (κ2) is 7.60. The number of nitrogens with two attached hydrogens (primary N) is 1. The topological polar surface area (TPSA) is 51.0 Å². The summed E-state index contributed by atoms with van der Waals surface area (Å²) in [7, 11) is 0. The molecule has 3 nitrogen and oxygen atoms in total. The molecule has 4 rings (SSSR count). The highest BCUT2D eigenvalue weighted by molar-refractivity contribution is 5.86. The van der Waals surface area contributed by atoms with E-state index in [1.54, 1.807) is 0 Å². The molecule has 0 atom stereocenters. The molecule has 0 saturated heterocycles. The van der Waals surface area contributed by atoms with Gasteiger partial charge >= 0.3 is 0 Å². The molecule has 0 spiro atoms. The predicted octanol–water partition coefficient (Wildman–Crippen LogP) is 4.82. The van der Waals surface area contributed by atoms with Crippen LogP contribution in [0.25, 0.3) is 21.7 Å². The Labute approximate surface area is 153 Å². The van der Waals surface area contributed by atoms with Gasteiger partial charge < -0.3 is 15.5 Å². The minimum atomic E-state index is 0. The summed E-state index contributed by atoms with van der Waals surface area (Å²) in [5, 5.41) is 3.67. The fourth-order valence-electron chi connectivity index (χ4n) is 3.18. The molecule has 0 saturated carbocycles. The molecule has 3 N–H and O–H groups in total. The Morgan fingerprint density at radius 3 is 2.48 bits per heavy atom. The number of hydrogen-bond donors (Lipinski definition) is 2. The van der Waals surface area contributed by atoms with E-state index in [0.717, 1.165) is 28.9 Å². The normalized spacial score (nSPS) is 10.8. The number of halogens is 1. The Kier molecular flexibility index (Phi) is 5.27. The van der Waals surface area contributed by atoms with E-state index in [4.69, 9.17) is 10.5 Å². The van der Waals surface area contributed by atoms with Crippen LogP contribution in [-0.2, 0) is 13.0 Å². The van der Waals surface area contributed by atoms with Gasteiger partial charge in [-0.3, -0.25) is 0 Å². The fourth-order valence-corrected chi connectivity index (χ4v) is 3.18. The summed E-state index contributed by atoms with van der Waals surface area (Å²) >= 11 is 0. The summed E-state index contributed by atoms with van der Waals surface area (Å²) in [6, 6.07) is 23.1. The Morgan fingerprint density at radius 2 is 1.64 bits per heavy atom. The minimum absolute atomic E-state index is 0. The fraction of sp³-hybridized carbons (Fsp3) is 0.143. The van der Waals surface area contributed by atoms with Crippen LogP contribution in [0, 0.1) is 0 Å². The van der Waals surface area contributed by atoms with Gasteiger partial charge in [-0.05, 0) is 41.4 Å². The molecule has 0 aliphatic heterocycles. The van der Waals surface area contributed by atoms with Gasteiger partial charge in [0.15, 0.2) is 5.88 Å². The number of rotatable bonds is 5. The summed E-state index contributed by atoms with van der Waals surface area (Å²) in [6.07, 6.45) is 0.803. The van der Waals surface area contributed by atoms with E-state index < -0.39 is 0 Å². The van der Waals surface area contributed by atoms with Crippen molar-refractivity contribution < 1.29 is 4.74 Å². The van der Waals surface area contributed by atoms with Crippen molar-refractivity contribution in [2.45, 2.75) is 13.0 Å². The molecule has 4 heteroatoms. The maximum atomic E-state index is 6.10. The lowest BCUT2D eigenvalue weighted by atomic mass is 10.1. The van der Waals surface area contributed by atoms with E-state index in [2.05, 4.69) is 59.6 Å². The molecule has 1 aromatic heterocycles. The number of ether oxygens (including phenoxy) is 1. The van der Waals surface area contributed by atoms with Crippen molar-refractivity contribution in [2.24, 2.45) is 5.73 Å². The van der Waals surface area contributed by atoms with E-state index in [1.165, 1.54) is 16.2 Å². The van der Waals surface area contributed by atoms with Crippen molar-refractivity contribution in [3.63, 3.8) is 0 Å². The van der Waals surface area contributed by atoms with Crippen LogP contribution < -0.4 is 10.5 Å². The minimum Gasteiger partial charge on any atom is -0.474 e. The lowest BCUT2D eigenvalue weighted by molar-refractivity contribution is 0.293. The summed E-state index contributed by atoms with van der Waals surface area (Å²) < 4.78 is 6.10. The Hall–Kier alpha value is -2.49. The number of H-pyrrole nitrogens is 1. The third-order valence-electron chi connectivity index (χ3n) is 4.37. The molecular formula is C21H21ClN2O. The summed E-state index contributed by atoms with van der Waals surface area (Å²) in [4.78, 5) is 3.38. The third-order valence-corrected chi connectivity index (χ3v) is 4.37. The van der Waals surface area contributed by atoms with E-state index in [-0.39, 0.29) is 12.4 Å². The van der Waals surface area contributed by atoms with Crippen LogP contribution in [0.4, 0.5) is 0 Å². The van der Waals surface area contributed by atoms with Gasteiger partial charge in [0.1, 0.15) is 6.61 Å². The van der Waals surface area contributed by atoms with E-state index >= 15 is 0 Å². The third kappa shape index (κ3) is 3.48. The average molecular weight is 353 g/mol. The maximum absolute atomic E-state index is 6.10. The molecule has 1 heterocycles. The molecule has 0 amide bonds. The van der Waals surface area contributed by atoms with Gasteiger partial charge in [0.2, 0.25) is 0 Å². The van der Waals surface area contributed by atoms with E-state index in [1.807, 2.05) is 12.1 Å². The first-order chi connectivity index (χ1) is 11.8. The first-order valence-electron chi connectivity index (χ1n) is 8.25. The lowest BCUT2D eigenvalue weighted by Gasteiger charge is -2.08. The zero-order chi connectivity index (χ0) is 16.4. The second-order valence-electron chi connectivity index (χ2n) is 5.99. The van der Waals surface area contributed by atoms with Gasteiger partial charge in [0.25, 0.3) is 0 Å². The zero-order valence-electron chi connectivity index (χ0n) is 13.9. The van der Waals surface area contributed by atoms with Gasteiger partial charge in [0.05, 0.1) is 0 Å². The van der Waals surface area contributed by atoms with Crippen LogP contribution in [0.5, 0.6) is 5.88 Å². The van der Waals surface area contributed by atoms with Crippen molar-refractivity contribution >= 4 is 34.1 Å². The highest BCUT2D eigenvalue weighted by atomic mass is 35.5. The van der Waals surface area contributed by atoms with Crippen molar-refractivity contribution in [2.75, 3.05) is 6.54 Å². The number of nitrogens with one attached hydrogen (secondary N) is 1. The SMILES string of the molecule is Cl.NCCc1c(OCc2ccc3ccccc3c2)[nH]c2ccccc12. The molecule has 0 radical (unpaired) electrons. The zero-order valence-corrected chi connectivity index (χ0v) is 14.7. The number of aromatic nitrogens is 1. The van der Waals surface area contributed by atoms with Crippen molar-refractivity contribution in [3.05, 3.63) is 77.9 Å². The molecule has 0 aliphatic carbocycles. The Bertz CT molecular complexity index is 993. The highest BCUT2D eigenvalue weighted by Crippen LogP contribution is 2.29. The standard InChI is InChI=1S/C21H20N2O.ClH/c22-12-11-19-18-7-3-4-8-20(18)23-21(19)24-14-15-9-10-16-5-1-2-6-17(16)13-15;/h1-10,13,23H,11-12,14,22H2;1H. The van der Waals surface area contributed by atoms with Crippen molar-refractivity contribution in [1.29, 1.82) is 0 Å². The molecular weight excluding hydrogens is 332 g/mol. The van der Waals surface area contributed by atoms with Crippen LogP contribution >= 0.6 is 12.4 Å². The predicted molar refractivity (Wildman–Crippen MR) is 107 cm³/mol. The van der Waals surface area contributed by atoms with Gasteiger partial charge in [-0.15, -0.1) is 12.4 Å². The summed E-state index contributed by atoms with van der Waals surface area (Å²) in [5.74, 6) is 0.829. The number of benzene rings is 3. The van der Waals surface area contributed by atoms with Crippen LogP contribution in [0.15, 0.2) is 66.7 Å². The van der Waals surface area contributed by atoms with Crippen LogP contribution in [0.1, 0.15) is 11.1 Å². The summed E-state index contributed by atoms with van der Waals surface area (Å²) in [6.45, 7) is 1.14. The van der Waals surface area contributed by atoms with Crippen LogP contribution in [0.3, 0.4) is 0 Å². The smallest absolute Gasteiger partial charge is 0.195 e. The molecule has 128 valence electrons. The first-order valence-corrected chi connectivity index (χ1v) is 8.25. The maximum Gasteiger partial charge on any atom is 0.195 e. The van der Waals surface area contributed by atoms with Crippen molar-refractivity contribution in [1.82, 2.24) is 4.98 Å². The summed E-state index contributed by atoms with van der Waals surface area (Å²) in [5.41, 5.74) is 9.19. The van der Waals surface area contributed by atoms with E-state index in [9.17, 15) is 0 Å². The van der Waals surface area contributed by atoms with Gasteiger partial charge in [-0.25, -0.2) is 0 Å². The number of fused-ring (bicyclic) bond motifs is 2. The molecule has 0 fully saturated rings. The van der Waals surface area contributed by atoms with Gasteiger partial charge in [-0.2, -0.15) is 0 Å². The van der Waals surface area contributed by atoms with Crippen molar-refractivity contribution in [3.8, 4) is 5.88 Å². The van der Waals surface area contributed by atoms with E-state index in [0.29, 0.717) is 13.2 Å². The molecule has 3 aromatic carbocycles. The second-order valence-corrected chi connectivity index (χ2v) is 5.99. The average Bonchev–Trinajstić information content (AvgIpc) is 2.98. The van der Waals surface area contributed by atoms with Crippen LogP contribution in [-0.4, -0.2) is 11.5 Å². The molecule has 0 aliphatic rings. The van der Waals surface area contributed by atoms with Gasteiger partial charge in [0, 0.05) is 16.5 Å². The first kappa shape index (κ1) is 17.3. The molecule has 0 unspecified atom stereocenters. The van der Waals surface area contributed by atoms with Crippen LogP contribution in [0.2, 0.25) is 0 Å². The Balaban J connectivity index is 0.00000182. The molecule has 0 bridgehead atoms. The molecule has 4 aromatic rings. The monoisotopic (exact) mass is 352 g/mol. The van der Waals surface area contributed by atoms with Gasteiger partial charge in [-0.1, -0.05) is 54.6 Å². The number of para-hydroxylation sites is 1. The largest absolute Gasteiger partial charge is 0.474 e. The number of hydrogen-bond acceptors (Lipinski definition) is 2. The Morgan fingerprint density at radius 1 is 0.880 bits per heavy atom. The lowest BCUT2D eigenvalue weighted by Crippen LogP contribution is -2.04. The number of aromatic amines is 1. The highest BCUT2D eigenvalue weighted by Gasteiger charge is 2.12.